The van der Waals surface area contributed by atoms with Crippen LogP contribution in [0.15, 0.2) is 83.0 Å². The summed E-state index contributed by atoms with van der Waals surface area (Å²) in [6, 6.07) is 14.8. The zero-order chi connectivity index (χ0) is 29.3. The van der Waals surface area contributed by atoms with E-state index in [-0.39, 0.29) is 5.56 Å². The Labute approximate surface area is 217 Å². The number of alkyl halides is 6. The van der Waals surface area contributed by atoms with Crippen LogP contribution in [0.4, 0.5) is 32.0 Å². The molecule has 0 aliphatic carbocycles. The number of carbonyl (C=O) groups excluding carboxylic acids is 1. The van der Waals surface area contributed by atoms with Gasteiger partial charge in [-0.3, -0.25) is 19.3 Å². The van der Waals surface area contributed by atoms with E-state index in [1.165, 1.54) is 48.8 Å². The van der Waals surface area contributed by atoms with Crippen molar-refractivity contribution in [2.45, 2.75) is 12.4 Å². The third-order valence-corrected chi connectivity index (χ3v) is 4.41. The molecule has 0 unspecified atom stereocenters. The Morgan fingerprint density at radius 1 is 0.692 bits per heavy atom. The van der Waals surface area contributed by atoms with Gasteiger partial charge in [0.05, 0.1) is 29.2 Å². The number of hydrogen-bond donors (Lipinski definition) is 4. The van der Waals surface area contributed by atoms with Gasteiger partial charge in [0.1, 0.15) is 0 Å². The molecule has 4 N–H and O–H groups in total. The molecule has 3 aromatic carbocycles. The summed E-state index contributed by atoms with van der Waals surface area (Å²) in [5, 5.41) is 7.65. The smallest absolute Gasteiger partial charge is 0.279 e. The summed E-state index contributed by atoms with van der Waals surface area (Å²) in [5.74, 6) is -0.539. The van der Waals surface area contributed by atoms with Gasteiger partial charge >= 0.3 is 22.8 Å². The van der Waals surface area contributed by atoms with Crippen LogP contribution in [0.1, 0.15) is 32.6 Å². The minimum Gasteiger partial charge on any atom is -0.279 e. The fraction of sp³-hybridized carbons (Fsp3) is 0.0870. The second-order valence-electron chi connectivity index (χ2n) is 7.33. The molecule has 3 rings (SSSR count). The van der Waals surface area contributed by atoms with E-state index in [4.69, 9.17) is 17.5 Å². The van der Waals surface area contributed by atoms with Gasteiger partial charge in [-0.15, -0.1) is 0 Å². The van der Waals surface area contributed by atoms with Gasteiger partial charge in [0.15, 0.2) is 0 Å². The van der Waals surface area contributed by atoms with E-state index in [0.29, 0.717) is 16.8 Å². The Kier molecular flexibility index (Phi) is 10.3. The molecule has 0 bridgehead atoms. The number of nitrogens with zero attached hydrogens (tertiary/aromatic N) is 2. The number of hydrogen-bond acceptors (Lipinski definition) is 6. The lowest BCUT2D eigenvalue weighted by Gasteiger charge is -2.06. The van der Waals surface area contributed by atoms with E-state index in [2.05, 4.69) is 21.1 Å². The van der Waals surface area contributed by atoms with Crippen molar-refractivity contribution in [1.29, 1.82) is 0 Å². The number of halogens is 6. The van der Waals surface area contributed by atoms with Gasteiger partial charge in [0.2, 0.25) is 0 Å². The van der Waals surface area contributed by atoms with Gasteiger partial charge < -0.3 is 0 Å². The first-order valence-electron chi connectivity index (χ1n) is 10.3. The van der Waals surface area contributed by atoms with E-state index in [1.54, 1.807) is 12.1 Å². The van der Waals surface area contributed by atoms with Crippen LogP contribution in [-0.4, -0.2) is 35.9 Å². The van der Waals surface area contributed by atoms with Gasteiger partial charge in [0.25, 0.3) is 5.91 Å². The van der Waals surface area contributed by atoms with Crippen LogP contribution in [-0.2, 0) is 22.8 Å². The van der Waals surface area contributed by atoms with Crippen molar-refractivity contribution < 1.29 is 48.7 Å². The third kappa shape index (κ3) is 11.8. The van der Waals surface area contributed by atoms with Crippen LogP contribution in [0.3, 0.4) is 0 Å². The molecule has 0 aliphatic heterocycles. The Balaban J connectivity index is 0.000000976. The number of hydrazone groups is 2. The van der Waals surface area contributed by atoms with Crippen molar-refractivity contribution >= 4 is 34.4 Å². The van der Waals surface area contributed by atoms with Crippen molar-refractivity contribution in [3.63, 3.8) is 0 Å². The Hall–Kier alpha value is -4.28. The van der Waals surface area contributed by atoms with Gasteiger partial charge in [-0.2, -0.15) is 45.0 Å². The molecule has 39 heavy (non-hydrogen) atoms. The Bertz CT molecular complexity index is 1400. The van der Waals surface area contributed by atoms with Gasteiger partial charge in [-0.25, -0.2) is 5.43 Å². The van der Waals surface area contributed by atoms with Crippen LogP contribution in [0.2, 0.25) is 0 Å². The molecule has 0 fully saturated rings. The molecule has 0 saturated carbocycles. The maximum atomic E-state index is 12.6. The number of anilines is 1. The molecule has 1 amide bonds. The molecule has 0 radical (unpaired) electrons. The highest BCUT2D eigenvalue weighted by atomic mass is 32.3. The fourth-order valence-corrected chi connectivity index (χ4v) is 2.62. The first-order chi connectivity index (χ1) is 18.0. The lowest BCUT2D eigenvalue weighted by Crippen LogP contribution is -2.17. The normalized spacial score (nSPS) is 12.2. The maximum Gasteiger partial charge on any atom is 0.416 e. The second kappa shape index (κ2) is 13.0. The molecule has 0 spiro atoms. The quantitative estimate of drug-likeness (QED) is 0.136. The summed E-state index contributed by atoms with van der Waals surface area (Å²) in [5.41, 5.74) is 5.04. The average molecular weight is 576 g/mol. The van der Waals surface area contributed by atoms with Gasteiger partial charge in [-0.05, 0) is 59.7 Å². The highest BCUT2D eigenvalue weighted by Gasteiger charge is 2.30. The summed E-state index contributed by atoms with van der Waals surface area (Å²) in [6.45, 7) is 0. The lowest BCUT2D eigenvalue weighted by molar-refractivity contribution is -0.138. The molecule has 0 saturated heterocycles. The highest BCUT2D eigenvalue weighted by Crippen LogP contribution is 2.29. The molecule has 16 heteroatoms. The van der Waals surface area contributed by atoms with E-state index >= 15 is 0 Å². The fourth-order valence-electron chi connectivity index (χ4n) is 2.62. The number of carbonyl (C=O) groups is 1. The minimum absolute atomic E-state index is 0.266. The molecule has 208 valence electrons. The van der Waals surface area contributed by atoms with E-state index in [0.717, 1.165) is 24.3 Å². The SMILES string of the molecule is O=C(N/N=C/c1ccc(C(F)(F)F)cc1)c1ccc(N/N=C/c2ccc(C(F)(F)F)cc2)cc1.O=S(=O)(O)O. The lowest BCUT2D eigenvalue weighted by atomic mass is 10.1. The van der Waals surface area contributed by atoms with Crippen LogP contribution in [0.5, 0.6) is 0 Å². The van der Waals surface area contributed by atoms with Gasteiger partial charge in [0, 0.05) is 5.56 Å². The predicted molar refractivity (Wildman–Crippen MR) is 130 cm³/mol. The van der Waals surface area contributed by atoms with Crippen molar-refractivity contribution in [3.8, 4) is 0 Å². The van der Waals surface area contributed by atoms with E-state index < -0.39 is 39.8 Å². The van der Waals surface area contributed by atoms with Crippen molar-refractivity contribution in [2.24, 2.45) is 10.2 Å². The van der Waals surface area contributed by atoms with Crippen LogP contribution in [0.25, 0.3) is 0 Å². The zero-order valence-electron chi connectivity index (χ0n) is 19.3. The highest BCUT2D eigenvalue weighted by molar-refractivity contribution is 7.79. The number of nitrogens with one attached hydrogen (secondary N) is 2. The number of amides is 1. The summed E-state index contributed by atoms with van der Waals surface area (Å²) in [6.07, 6.45) is -6.28. The van der Waals surface area contributed by atoms with Crippen molar-refractivity contribution in [2.75, 3.05) is 5.43 Å². The molecule has 0 aliphatic rings. The Morgan fingerprint density at radius 3 is 1.46 bits per heavy atom. The van der Waals surface area contributed by atoms with Crippen molar-refractivity contribution in [1.82, 2.24) is 5.43 Å². The van der Waals surface area contributed by atoms with Crippen molar-refractivity contribution in [3.05, 3.63) is 101 Å². The topological polar surface area (TPSA) is 140 Å². The Morgan fingerprint density at radius 2 is 1.08 bits per heavy atom. The van der Waals surface area contributed by atoms with Gasteiger partial charge in [-0.1, -0.05) is 24.3 Å². The largest absolute Gasteiger partial charge is 0.416 e. The molecule has 9 nitrogen and oxygen atoms in total. The summed E-state index contributed by atoms with van der Waals surface area (Å²) in [4.78, 5) is 12.1. The minimum atomic E-state index is -4.67. The van der Waals surface area contributed by atoms with Crippen LogP contribution < -0.4 is 10.9 Å². The summed E-state index contributed by atoms with van der Waals surface area (Å²) < 4.78 is 107. The first kappa shape index (κ1) is 30.9. The summed E-state index contributed by atoms with van der Waals surface area (Å²) >= 11 is 0. The predicted octanol–water partition coefficient (Wildman–Crippen LogP) is 5.28. The van der Waals surface area contributed by atoms with Crippen LogP contribution in [0, 0.1) is 0 Å². The molecule has 0 aromatic heterocycles. The molecule has 3 aromatic rings. The second-order valence-corrected chi connectivity index (χ2v) is 8.23. The van der Waals surface area contributed by atoms with E-state index in [1.807, 2.05) is 0 Å². The first-order valence-corrected chi connectivity index (χ1v) is 11.7. The standard InChI is InChI=1S/C23H16F6N4O.H2O4S/c24-22(25,26)18-7-1-15(2-8-18)13-30-32-20-11-5-17(6-12-20)21(34)33-31-14-16-3-9-19(10-4-16)23(27,28)29;1-5(2,3)4/h1-14,32H,(H,33,34);(H2,1,2,3,4)/b30-13+,31-14+;. The molecule has 0 heterocycles. The summed E-state index contributed by atoms with van der Waals surface area (Å²) in [7, 11) is -4.67. The van der Waals surface area contributed by atoms with Crippen LogP contribution >= 0.6 is 0 Å². The number of benzene rings is 3. The molecule has 0 atom stereocenters. The zero-order valence-corrected chi connectivity index (χ0v) is 20.1. The van der Waals surface area contributed by atoms with E-state index in [9.17, 15) is 31.1 Å². The molecular weight excluding hydrogens is 558 g/mol. The monoisotopic (exact) mass is 576 g/mol. The average Bonchev–Trinajstić information content (AvgIpc) is 2.83. The number of rotatable bonds is 6. The molecular formula is C23H18F6N4O5S. The maximum absolute atomic E-state index is 12.6. The third-order valence-electron chi connectivity index (χ3n) is 4.41.